The molecule has 1 aliphatic rings. The van der Waals surface area contributed by atoms with Gasteiger partial charge in [0.2, 0.25) is 0 Å². The van der Waals surface area contributed by atoms with E-state index in [1.807, 2.05) is 6.92 Å². The first-order valence-electron chi connectivity index (χ1n) is 6.13. The Kier molecular flexibility index (Phi) is 3.49. The van der Waals surface area contributed by atoms with Crippen LogP contribution in [0.4, 0.5) is 10.6 Å². The van der Waals surface area contributed by atoms with Gasteiger partial charge in [-0.3, -0.25) is 4.79 Å². The second-order valence-electron chi connectivity index (χ2n) is 4.69. The zero-order chi connectivity index (χ0) is 14.3. The minimum absolute atomic E-state index is 0.229. The van der Waals surface area contributed by atoms with E-state index >= 15 is 0 Å². The SMILES string of the molecule is CCC1C(=O)N(c2nc(C)c(Cl)cc2C)C(=O)N1C. The van der Waals surface area contributed by atoms with Crippen LogP contribution in [-0.4, -0.2) is 34.9 Å². The number of aromatic nitrogens is 1. The van der Waals surface area contributed by atoms with Gasteiger partial charge in [0.05, 0.1) is 10.7 Å². The van der Waals surface area contributed by atoms with Crippen LogP contribution in [0.15, 0.2) is 6.07 Å². The van der Waals surface area contributed by atoms with Crippen LogP contribution in [0, 0.1) is 13.8 Å². The molecule has 0 spiro atoms. The number of amides is 3. The Bertz CT molecular complexity index is 559. The minimum Gasteiger partial charge on any atom is -0.315 e. The fourth-order valence-electron chi connectivity index (χ4n) is 2.23. The van der Waals surface area contributed by atoms with Crippen LogP contribution in [0.5, 0.6) is 0 Å². The molecule has 1 saturated heterocycles. The van der Waals surface area contributed by atoms with Gasteiger partial charge in [-0.1, -0.05) is 18.5 Å². The van der Waals surface area contributed by atoms with Crippen molar-refractivity contribution in [2.24, 2.45) is 0 Å². The van der Waals surface area contributed by atoms with Crippen LogP contribution < -0.4 is 4.90 Å². The summed E-state index contributed by atoms with van der Waals surface area (Å²) in [5.41, 5.74) is 1.31. The molecular weight excluding hydrogens is 266 g/mol. The lowest BCUT2D eigenvalue weighted by molar-refractivity contribution is -0.119. The van der Waals surface area contributed by atoms with E-state index in [9.17, 15) is 9.59 Å². The van der Waals surface area contributed by atoms with Gasteiger partial charge in [0.15, 0.2) is 0 Å². The fourth-order valence-corrected chi connectivity index (χ4v) is 2.44. The van der Waals surface area contributed by atoms with Crippen molar-refractivity contribution in [1.29, 1.82) is 0 Å². The summed E-state index contributed by atoms with van der Waals surface area (Å²) in [7, 11) is 1.63. The predicted octanol–water partition coefficient (Wildman–Crippen LogP) is 2.53. The number of urea groups is 1. The molecule has 3 amide bonds. The van der Waals surface area contributed by atoms with E-state index in [1.54, 1.807) is 27.0 Å². The van der Waals surface area contributed by atoms with E-state index < -0.39 is 6.04 Å². The van der Waals surface area contributed by atoms with E-state index in [2.05, 4.69) is 4.98 Å². The normalized spacial score (nSPS) is 19.5. The first-order chi connectivity index (χ1) is 8.88. The Hall–Kier alpha value is -1.62. The topological polar surface area (TPSA) is 53.5 Å². The van der Waals surface area contributed by atoms with Gasteiger partial charge >= 0.3 is 6.03 Å². The number of hydrogen-bond donors (Lipinski definition) is 0. The molecule has 5 nitrogen and oxygen atoms in total. The van der Waals surface area contributed by atoms with E-state index in [0.717, 1.165) is 4.90 Å². The summed E-state index contributed by atoms with van der Waals surface area (Å²) in [4.78, 5) is 31.4. The number of aryl methyl sites for hydroxylation is 2. The van der Waals surface area contributed by atoms with Gasteiger partial charge in [-0.05, 0) is 31.9 Å². The van der Waals surface area contributed by atoms with Crippen LogP contribution in [0.25, 0.3) is 0 Å². The lowest BCUT2D eigenvalue weighted by Gasteiger charge is -2.16. The molecule has 0 N–H and O–H groups in total. The molecular formula is C13H16ClN3O2. The zero-order valence-corrected chi connectivity index (χ0v) is 12.2. The average molecular weight is 282 g/mol. The highest BCUT2D eigenvalue weighted by Crippen LogP contribution is 2.29. The van der Waals surface area contributed by atoms with Gasteiger partial charge in [0.1, 0.15) is 11.9 Å². The van der Waals surface area contributed by atoms with E-state index in [1.165, 1.54) is 4.90 Å². The summed E-state index contributed by atoms with van der Waals surface area (Å²) >= 11 is 5.99. The number of hydrogen-bond acceptors (Lipinski definition) is 3. The summed E-state index contributed by atoms with van der Waals surface area (Å²) in [6.07, 6.45) is 0.587. The van der Waals surface area contributed by atoms with Crippen molar-refractivity contribution < 1.29 is 9.59 Å². The Morgan fingerprint density at radius 1 is 1.37 bits per heavy atom. The first kappa shape index (κ1) is 13.8. The van der Waals surface area contributed by atoms with Crippen molar-refractivity contribution in [3.05, 3.63) is 22.3 Å². The number of pyridine rings is 1. The Morgan fingerprint density at radius 3 is 2.53 bits per heavy atom. The maximum atomic E-state index is 12.3. The van der Waals surface area contributed by atoms with Crippen molar-refractivity contribution in [2.75, 3.05) is 11.9 Å². The third-order valence-corrected chi connectivity index (χ3v) is 3.76. The lowest BCUT2D eigenvalue weighted by Crippen LogP contribution is -2.33. The van der Waals surface area contributed by atoms with Crippen LogP contribution >= 0.6 is 11.6 Å². The summed E-state index contributed by atoms with van der Waals surface area (Å²) in [6.45, 7) is 5.41. The van der Waals surface area contributed by atoms with Gasteiger partial charge < -0.3 is 4.90 Å². The second kappa shape index (κ2) is 4.81. The molecule has 0 aromatic carbocycles. The molecule has 0 bridgehead atoms. The number of rotatable bonds is 2. The lowest BCUT2D eigenvalue weighted by atomic mass is 10.2. The van der Waals surface area contributed by atoms with Crippen LogP contribution in [-0.2, 0) is 4.79 Å². The molecule has 1 aromatic heterocycles. The number of halogens is 1. The fraction of sp³-hybridized carbons (Fsp3) is 0.462. The molecule has 1 aliphatic heterocycles. The number of carbonyl (C=O) groups is 2. The Labute approximate surface area is 117 Å². The van der Waals surface area contributed by atoms with Gasteiger partial charge in [-0.25, -0.2) is 14.7 Å². The number of anilines is 1. The van der Waals surface area contributed by atoms with E-state index in [0.29, 0.717) is 28.5 Å². The number of imide groups is 1. The summed E-state index contributed by atoms with van der Waals surface area (Å²) in [5, 5.41) is 0.528. The quantitative estimate of drug-likeness (QED) is 0.783. The maximum absolute atomic E-state index is 12.3. The summed E-state index contributed by atoms with van der Waals surface area (Å²) < 4.78 is 0. The Balaban J connectivity index is 2.51. The number of carbonyl (C=O) groups excluding carboxylic acids is 2. The van der Waals surface area contributed by atoms with Gasteiger partial charge in [0, 0.05) is 7.05 Å². The molecule has 2 heterocycles. The molecule has 6 heteroatoms. The highest BCUT2D eigenvalue weighted by molar-refractivity contribution is 6.31. The maximum Gasteiger partial charge on any atom is 0.333 e. The molecule has 1 unspecified atom stereocenters. The average Bonchev–Trinajstić information content (AvgIpc) is 2.56. The van der Waals surface area contributed by atoms with E-state index in [4.69, 9.17) is 11.6 Å². The van der Waals surface area contributed by atoms with Crippen LogP contribution in [0.1, 0.15) is 24.6 Å². The van der Waals surface area contributed by atoms with Crippen molar-refractivity contribution >= 4 is 29.4 Å². The first-order valence-corrected chi connectivity index (χ1v) is 6.50. The Morgan fingerprint density at radius 2 is 2.00 bits per heavy atom. The molecule has 0 radical (unpaired) electrons. The molecule has 0 aliphatic carbocycles. The summed E-state index contributed by atoms with van der Waals surface area (Å²) in [5.74, 6) is 0.145. The third-order valence-electron chi connectivity index (χ3n) is 3.38. The van der Waals surface area contributed by atoms with Crippen molar-refractivity contribution in [3.8, 4) is 0 Å². The molecule has 1 fully saturated rings. The zero-order valence-electron chi connectivity index (χ0n) is 11.4. The minimum atomic E-state index is -0.412. The predicted molar refractivity (Wildman–Crippen MR) is 73.4 cm³/mol. The van der Waals surface area contributed by atoms with Gasteiger partial charge in [-0.15, -0.1) is 0 Å². The monoisotopic (exact) mass is 281 g/mol. The molecule has 1 atom stereocenters. The molecule has 2 rings (SSSR count). The van der Waals surface area contributed by atoms with Crippen LogP contribution in [0.3, 0.4) is 0 Å². The van der Waals surface area contributed by atoms with Crippen molar-refractivity contribution in [1.82, 2.24) is 9.88 Å². The highest BCUT2D eigenvalue weighted by Gasteiger charge is 2.44. The molecule has 102 valence electrons. The van der Waals surface area contributed by atoms with Crippen molar-refractivity contribution in [2.45, 2.75) is 33.2 Å². The summed E-state index contributed by atoms with van der Waals surface area (Å²) in [6, 6.07) is 0.970. The molecule has 19 heavy (non-hydrogen) atoms. The number of likely N-dealkylation sites (N-methyl/N-ethyl adjacent to an activating group) is 1. The molecule has 1 aromatic rings. The second-order valence-corrected chi connectivity index (χ2v) is 5.09. The highest BCUT2D eigenvalue weighted by atomic mass is 35.5. The molecule has 0 saturated carbocycles. The van der Waals surface area contributed by atoms with Crippen LogP contribution in [0.2, 0.25) is 5.02 Å². The van der Waals surface area contributed by atoms with Gasteiger partial charge in [-0.2, -0.15) is 0 Å². The van der Waals surface area contributed by atoms with Crippen molar-refractivity contribution in [3.63, 3.8) is 0 Å². The van der Waals surface area contributed by atoms with E-state index in [-0.39, 0.29) is 11.9 Å². The standard InChI is InChI=1S/C13H16ClN3O2/c1-5-10-12(18)17(13(19)16(10)4)11-7(2)6-9(14)8(3)15-11/h6,10H,5H2,1-4H3. The van der Waals surface area contributed by atoms with Gasteiger partial charge in [0.25, 0.3) is 5.91 Å². The largest absolute Gasteiger partial charge is 0.333 e. The smallest absolute Gasteiger partial charge is 0.315 e. The third kappa shape index (κ3) is 2.08. The number of nitrogens with zero attached hydrogens (tertiary/aromatic N) is 3.